The van der Waals surface area contributed by atoms with E-state index in [2.05, 4.69) is 38.9 Å². The van der Waals surface area contributed by atoms with Crippen LogP contribution in [0.5, 0.6) is 5.75 Å². The number of fused-ring (bicyclic) bond motifs is 1. The molecule has 0 aliphatic carbocycles. The summed E-state index contributed by atoms with van der Waals surface area (Å²) in [6.07, 6.45) is 6.85. The highest BCUT2D eigenvalue weighted by Gasteiger charge is 2.24. The first kappa shape index (κ1) is 21.7. The third-order valence-electron chi connectivity index (χ3n) is 6.74. The van der Waals surface area contributed by atoms with E-state index in [1.807, 2.05) is 23.0 Å². The van der Waals surface area contributed by atoms with Gasteiger partial charge in [-0.1, -0.05) is 13.0 Å². The molecule has 1 saturated heterocycles. The summed E-state index contributed by atoms with van der Waals surface area (Å²) < 4.78 is 7.47. The number of hydrogen-bond acceptors (Lipinski definition) is 6. The topological polar surface area (TPSA) is 79.3 Å². The molecule has 5 rings (SSSR count). The summed E-state index contributed by atoms with van der Waals surface area (Å²) in [6.45, 7) is 7.19. The van der Waals surface area contributed by atoms with Gasteiger partial charge < -0.3 is 9.64 Å². The summed E-state index contributed by atoms with van der Waals surface area (Å²) >= 11 is 0. The van der Waals surface area contributed by atoms with Crippen LogP contribution in [-0.4, -0.2) is 51.4 Å². The lowest BCUT2D eigenvalue weighted by Crippen LogP contribution is -2.39. The van der Waals surface area contributed by atoms with Crippen molar-refractivity contribution < 1.29 is 4.74 Å². The van der Waals surface area contributed by atoms with Crippen LogP contribution in [0.15, 0.2) is 41.5 Å². The largest absolute Gasteiger partial charge is 0.496 e. The fraction of sp³-hybridized carbons (Fsp3) is 0.480. The molecular weight excluding hydrogens is 416 g/mol. The lowest BCUT2D eigenvalue weighted by molar-refractivity contribution is 0.240. The molecule has 2 aliphatic heterocycles. The Hall–Kier alpha value is -3.13. The highest BCUT2D eigenvalue weighted by atomic mass is 16.5. The number of aromatic amines is 1. The highest BCUT2D eigenvalue weighted by Crippen LogP contribution is 2.25. The predicted molar refractivity (Wildman–Crippen MR) is 128 cm³/mol. The van der Waals surface area contributed by atoms with E-state index in [4.69, 9.17) is 9.72 Å². The van der Waals surface area contributed by atoms with Crippen molar-refractivity contribution in [3.63, 3.8) is 0 Å². The molecule has 1 fully saturated rings. The summed E-state index contributed by atoms with van der Waals surface area (Å²) in [5.74, 6) is 2.23. The second-order valence-electron chi connectivity index (χ2n) is 9.32. The van der Waals surface area contributed by atoms with Gasteiger partial charge in [0.25, 0.3) is 5.56 Å². The Kier molecular flexibility index (Phi) is 6.17. The average Bonchev–Trinajstić information content (AvgIpc) is 3.32. The first-order chi connectivity index (χ1) is 16.1. The van der Waals surface area contributed by atoms with E-state index in [1.165, 1.54) is 12.0 Å². The molecule has 0 bridgehead atoms. The Morgan fingerprint density at radius 2 is 2.15 bits per heavy atom. The monoisotopic (exact) mass is 448 g/mol. The zero-order chi connectivity index (χ0) is 22.8. The molecule has 0 spiro atoms. The Bertz CT molecular complexity index is 1160. The van der Waals surface area contributed by atoms with E-state index < -0.39 is 0 Å². The molecule has 1 N–H and O–H groups in total. The molecule has 0 amide bonds. The van der Waals surface area contributed by atoms with Crippen LogP contribution in [0.2, 0.25) is 0 Å². The lowest BCUT2D eigenvalue weighted by atomic mass is 10.0. The maximum atomic E-state index is 12.8. The summed E-state index contributed by atoms with van der Waals surface area (Å²) in [5.41, 5.74) is 4.11. The number of benzene rings is 1. The molecule has 1 aromatic carbocycles. The molecule has 3 aromatic rings. The Balaban J connectivity index is 1.33. The van der Waals surface area contributed by atoms with Gasteiger partial charge in [-0.05, 0) is 48.9 Å². The summed E-state index contributed by atoms with van der Waals surface area (Å²) in [5, 5.41) is 4.32. The molecule has 1 atom stereocenters. The first-order valence-corrected chi connectivity index (χ1v) is 11.8. The number of aromatic nitrogens is 4. The third kappa shape index (κ3) is 4.80. The predicted octanol–water partition coefficient (Wildman–Crippen LogP) is 2.82. The number of anilines is 1. The van der Waals surface area contributed by atoms with Crippen LogP contribution < -0.4 is 15.2 Å². The zero-order valence-corrected chi connectivity index (χ0v) is 19.5. The molecule has 8 nitrogen and oxygen atoms in total. The fourth-order valence-electron chi connectivity index (χ4n) is 5.03. The summed E-state index contributed by atoms with van der Waals surface area (Å²) in [7, 11) is 1.70. The van der Waals surface area contributed by atoms with E-state index in [1.54, 1.807) is 13.3 Å². The van der Waals surface area contributed by atoms with Crippen molar-refractivity contribution >= 4 is 5.95 Å². The van der Waals surface area contributed by atoms with Gasteiger partial charge in [-0.15, -0.1) is 0 Å². The van der Waals surface area contributed by atoms with Gasteiger partial charge in [0.2, 0.25) is 5.95 Å². The van der Waals surface area contributed by atoms with Crippen LogP contribution >= 0.6 is 0 Å². The SMILES string of the molecule is COc1ccc(CN2CCc3c(nc(N4CCC[C@H](C)C4)[nH]c3=O)C2)cc1Cn1cccn1. The molecule has 0 unspecified atom stereocenters. The standard InChI is InChI=1S/C25H32N6O2/c1-18-5-3-10-30(14-18)25-27-22-17-29(12-8-21(22)24(32)28-25)15-19-6-7-23(33-2)20(13-19)16-31-11-4-9-26-31/h4,6-7,9,11,13,18H,3,5,8,10,12,14-17H2,1-2H3,(H,27,28,32)/t18-/m0/s1. The Morgan fingerprint density at radius 3 is 2.94 bits per heavy atom. The minimum atomic E-state index is 0.0267. The number of methoxy groups -OCH3 is 1. The van der Waals surface area contributed by atoms with Gasteiger partial charge in [-0.3, -0.25) is 19.4 Å². The van der Waals surface area contributed by atoms with E-state index >= 15 is 0 Å². The first-order valence-electron chi connectivity index (χ1n) is 11.8. The van der Waals surface area contributed by atoms with Gasteiger partial charge in [0.05, 0.1) is 19.3 Å². The van der Waals surface area contributed by atoms with E-state index in [-0.39, 0.29) is 5.56 Å². The Morgan fingerprint density at radius 1 is 1.24 bits per heavy atom. The number of piperidine rings is 1. The lowest BCUT2D eigenvalue weighted by Gasteiger charge is -2.33. The second-order valence-corrected chi connectivity index (χ2v) is 9.32. The minimum absolute atomic E-state index is 0.0267. The van der Waals surface area contributed by atoms with Crippen LogP contribution in [0, 0.1) is 5.92 Å². The number of nitrogens with one attached hydrogen (secondary N) is 1. The van der Waals surface area contributed by atoms with Gasteiger partial charge in [0, 0.05) is 56.2 Å². The molecular formula is C25H32N6O2. The van der Waals surface area contributed by atoms with Crippen molar-refractivity contribution in [2.45, 2.75) is 45.8 Å². The van der Waals surface area contributed by atoms with E-state index in [0.29, 0.717) is 19.0 Å². The average molecular weight is 449 g/mol. The van der Waals surface area contributed by atoms with Crippen molar-refractivity contribution in [3.05, 3.63) is 69.4 Å². The van der Waals surface area contributed by atoms with Gasteiger partial charge in [0.1, 0.15) is 5.75 Å². The van der Waals surface area contributed by atoms with Crippen molar-refractivity contribution in [3.8, 4) is 5.75 Å². The number of hydrogen-bond donors (Lipinski definition) is 1. The maximum Gasteiger partial charge on any atom is 0.255 e. The van der Waals surface area contributed by atoms with Crippen molar-refractivity contribution in [1.29, 1.82) is 0 Å². The summed E-state index contributed by atoms with van der Waals surface area (Å²) in [6, 6.07) is 8.27. The number of rotatable bonds is 6. The highest BCUT2D eigenvalue weighted by molar-refractivity contribution is 5.38. The molecule has 4 heterocycles. The second kappa shape index (κ2) is 9.39. The van der Waals surface area contributed by atoms with Gasteiger partial charge in [-0.25, -0.2) is 4.98 Å². The van der Waals surface area contributed by atoms with Crippen LogP contribution in [0.25, 0.3) is 0 Å². The van der Waals surface area contributed by atoms with E-state index in [0.717, 1.165) is 67.5 Å². The normalized spacial score (nSPS) is 18.8. The number of nitrogens with zero attached hydrogens (tertiary/aromatic N) is 5. The molecule has 33 heavy (non-hydrogen) atoms. The minimum Gasteiger partial charge on any atom is -0.496 e. The maximum absolute atomic E-state index is 12.8. The van der Waals surface area contributed by atoms with Gasteiger partial charge in [0.15, 0.2) is 0 Å². The van der Waals surface area contributed by atoms with Crippen molar-refractivity contribution in [2.75, 3.05) is 31.6 Å². The molecule has 0 radical (unpaired) electrons. The van der Waals surface area contributed by atoms with Gasteiger partial charge in [-0.2, -0.15) is 5.10 Å². The smallest absolute Gasteiger partial charge is 0.255 e. The quantitative estimate of drug-likeness (QED) is 0.625. The van der Waals surface area contributed by atoms with Crippen LogP contribution in [-0.2, 0) is 26.1 Å². The molecule has 2 aliphatic rings. The van der Waals surface area contributed by atoms with Crippen molar-refractivity contribution in [1.82, 2.24) is 24.6 Å². The summed E-state index contributed by atoms with van der Waals surface area (Å²) in [4.78, 5) is 25.4. The van der Waals surface area contributed by atoms with Gasteiger partial charge >= 0.3 is 0 Å². The van der Waals surface area contributed by atoms with Crippen LogP contribution in [0.4, 0.5) is 5.95 Å². The molecule has 0 saturated carbocycles. The fourth-order valence-corrected chi connectivity index (χ4v) is 5.03. The third-order valence-corrected chi connectivity index (χ3v) is 6.74. The van der Waals surface area contributed by atoms with Crippen LogP contribution in [0.3, 0.4) is 0 Å². The van der Waals surface area contributed by atoms with Crippen molar-refractivity contribution in [2.24, 2.45) is 5.92 Å². The Labute approximate surface area is 194 Å². The number of H-pyrrole nitrogens is 1. The number of ether oxygens (including phenoxy) is 1. The van der Waals surface area contributed by atoms with E-state index in [9.17, 15) is 4.79 Å². The van der Waals surface area contributed by atoms with Crippen LogP contribution in [0.1, 0.15) is 42.1 Å². The molecule has 8 heteroatoms. The zero-order valence-electron chi connectivity index (χ0n) is 19.5. The molecule has 2 aromatic heterocycles. The molecule has 174 valence electrons.